The van der Waals surface area contributed by atoms with Gasteiger partial charge in [0.1, 0.15) is 5.82 Å². The second-order valence-electron chi connectivity index (χ2n) is 6.08. The lowest BCUT2D eigenvalue weighted by atomic mass is 10.1. The zero-order valence-electron chi connectivity index (χ0n) is 14.8. The second-order valence-corrected chi connectivity index (χ2v) is 6.49. The van der Waals surface area contributed by atoms with E-state index in [0.717, 1.165) is 34.9 Å². The maximum atomic E-state index is 12.6. The molecule has 2 aromatic carbocycles. The summed E-state index contributed by atoms with van der Waals surface area (Å²) in [4.78, 5) is 21.6. The lowest BCUT2D eigenvalue weighted by Gasteiger charge is -2.09. The molecular formula is C21H20ClN3O. The predicted molar refractivity (Wildman–Crippen MR) is 105 cm³/mol. The molecule has 4 nitrogen and oxygen atoms in total. The van der Waals surface area contributed by atoms with Gasteiger partial charge >= 0.3 is 0 Å². The minimum absolute atomic E-state index is 0.234. The Morgan fingerprint density at radius 2 is 1.85 bits per heavy atom. The van der Waals surface area contributed by atoms with E-state index < -0.39 is 0 Å². The van der Waals surface area contributed by atoms with E-state index in [0.29, 0.717) is 17.0 Å². The normalized spacial score (nSPS) is 10.6. The van der Waals surface area contributed by atoms with Crippen LogP contribution in [0.15, 0.2) is 54.6 Å². The van der Waals surface area contributed by atoms with E-state index in [1.165, 1.54) is 0 Å². The summed E-state index contributed by atoms with van der Waals surface area (Å²) < 4.78 is 0. The molecular weight excluding hydrogens is 346 g/mol. The average Bonchev–Trinajstić information content (AvgIpc) is 2.63. The van der Waals surface area contributed by atoms with Gasteiger partial charge in [-0.25, -0.2) is 9.97 Å². The molecule has 0 fully saturated rings. The third-order valence-corrected chi connectivity index (χ3v) is 4.31. The first-order valence-corrected chi connectivity index (χ1v) is 8.91. The molecule has 0 bridgehead atoms. The highest BCUT2D eigenvalue weighted by atomic mass is 35.5. The highest BCUT2D eigenvalue weighted by Gasteiger charge is 2.13. The van der Waals surface area contributed by atoms with Gasteiger partial charge in [-0.3, -0.25) is 4.79 Å². The fourth-order valence-corrected chi connectivity index (χ4v) is 2.92. The summed E-state index contributed by atoms with van der Waals surface area (Å²) in [7, 11) is 0. The lowest BCUT2D eigenvalue weighted by molar-refractivity contribution is 0.102. The van der Waals surface area contributed by atoms with Gasteiger partial charge < -0.3 is 5.32 Å². The van der Waals surface area contributed by atoms with Crippen molar-refractivity contribution in [2.45, 2.75) is 26.7 Å². The maximum Gasteiger partial charge on any atom is 0.257 e. The summed E-state index contributed by atoms with van der Waals surface area (Å²) >= 11 is 6.24. The smallest absolute Gasteiger partial charge is 0.257 e. The number of carbonyl (C=O) groups excluding carboxylic acids is 1. The van der Waals surface area contributed by atoms with E-state index >= 15 is 0 Å². The Hall–Kier alpha value is -2.72. The molecule has 1 N–H and O–H groups in total. The molecule has 3 rings (SSSR count). The van der Waals surface area contributed by atoms with Crippen molar-refractivity contribution in [2.24, 2.45) is 0 Å². The number of aryl methyl sites for hydroxylation is 2. The lowest BCUT2D eigenvalue weighted by Crippen LogP contribution is -2.13. The molecule has 0 atom stereocenters. The Morgan fingerprint density at radius 1 is 1.08 bits per heavy atom. The minimum atomic E-state index is -0.234. The van der Waals surface area contributed by atoms with Crippen LogP contribution in [0.2, 0.25) is 5.02 Å². The number of hydrogen-bond donors (Lipinski definition) is 1. The van der Waals surface area contributed by atoms with Crippen molar-refractivity contribution < 1.29 is 4.79 Å². The number of hydrogen-bond acceptors (Lipinski definition) is 3. The van der Waals surface area contributed by atoms with Gasteiger partial charge in [-0.1, -0.05) is 42.8 Å². The van der Waals surface area contributed by atoms with Crippen LogP contribution in [0, 0.1) is 6.92 Å². The van der Waals surface area contributed by atoms with Crippen molar-refractivity contribution in [2.75, 3.05) is 5.32 Å². The standard InChI is InChI=1S/C21H20ClN3O/c1-3-16-11-14(2)23-20(24-16)13-15-9-10-19(22)18(12-15)21(26)25-17-7-5-4-6-8-17/h4-12H,3,13H2,1-2H3,(H,25,26). The van der Waals surface area contributed by atoms with Crippen LogP contribution in [0.1, 0.15) is 40.1 Å². The molecule has 0 aliphatic rings. The Morgan fingerprint density at radius 3 is 2.58 bits per heavy atom. The Bertz CT molecular complexity index is 926. The monoisotopic (exact) mass is 365 g/mol. The number of para-hydroxylation sites is 1. The van der Waals surface area contributed by atoms with Gasteiger partial charge in [0.15, 0.2) is 0 Å². The molecule has 0 saturated heterocycles. The van der Waals surface area contributed by atoms with Gasteiger partial charge in [0.2, 0.25) is 0 Å². The van der Waals surface area contributed by atoms with Crippen LogP contribution in [0.4, 0.5) is 5.69 Å². The molecule has 0 unspecified atom stereocenters. The maximum absolute atomic E-state index is 12.6. The van der Waals surface area contributed by atoms with Crippen LogP contribution in [0.25, 0.3) is 0 Å². The quantitative estimate of drug-likeness (QED) is 0.703. The van der Waals surface area contributed by atoms with Crippen LogP contribution in [-0.4, -0.2) is 15.9 Å². The first kappa shape index (κ1) is 18.1. The molecule has 5 heteroatoms. The second kappa shape index (κ2) is 8.11. The molecule has 1 heterocycles. The largest absolute Gasteiger partial charge is 0.322 e. The fourth-order valence-electron chi connectivity index (χ4n) is 2.72. The Kier molecular flexibility index (Phi) is 5.64. The van der Waals surface area contributed by atoms with Crippen LogP contribution in [0.5, 0.6) is 0 Å². The number of carbonyl (C=O) groups is 1. The van der Waals surface area contributed by atoms with E-state index in [2.05, 4.69) is 22.2 Å². The van der Waals surface area contributed by atoms with Crippen LogP contribution in [-0.2, 0) is 12.8 Å². The van der Waals surface area contributed by atoms with E-state index in [1.807, 2.05) is 49.4 Å². The zero-order valence-corrected chi connectivity index (χ0v) is 15.5. The zero-order chi connectivity index (χ0) is 18.5. The SMILES string of the molecule is CCc1cc(C)nc(Cc2ccc(Cl)c(C(=O)Nc3ccccc3)c2)n1. The van der Waals surface area contributed by atoms with Crippen molar-refractivity contribution in [3.63, 3.8) is 0 Å². The van der Waals surface area contributed by atoms with E-state index in [-0.39, 0.29) is 5.91 Å². The van der Waals surface area contributed by atoms with Crippen molar-refractivity contribution >= 4 is 23.2 Å². The summed E-state index contributed by atoms with van der Waals surface area (Å²) in [6, 6.07) is 16.7. The van der Waals surface area contributed by atoms with Gasteiger partial charge in [0.25, 0.3) is 5.91 Å². The number of nitrogens with zero attached hydrogens (tertiary/aromatic N) is 2. The number of halogens is 1. The molecule has 1 aromatic heterocycles. The number of anilines is 1. The molecule has 0 saturated carbocycles. The molecule has 0 aliphatic heterocycles. The third kappa shape index (κ3) is 4.46. The Labute approximate surface area is 158 Å². The highest BCUT2D eigenvalue weighted by molar-refractivity contribution is 6.34. The van der Waals surface area contributed by atoms with Gasteiger partial charge in [0.05, 0.1) is 10.6 Å². The van der Waals surface area contributed by atoms with E-state index in [9.17, 15) is 4.79 Å². The molecule has 0 aliphatic carbocycles. The van der Waals surface area contributed by atoms with Gasteiger partial charge in [0, 0.05) is 23.5 Å². The van der Waals surface area contributed by atoms with Gasteiger partial charge in [-0.15, -0.1) is 0 Å². The summed E-state index contributed by atoms with van der Waals surface area (Å²) in [6.45, 7) is 4.03. The van der Waals surface area contributed by atoms with E-state index in [1.54, 1.807) is 12.1 Å². The van der Waals surface area contributed by atoms with Crippen LogP contribution >= 0.6 is 11.6 Å². The molecule has 1 amide bonds. The number of amides is 1. The number of nitrogens with one attached hydrogen (secondary N) is 1. The first-order chi connectivity index (χ1) is 12.5. The van der Waals surface area contributed by atoms with Gasteiger partial charge in [-0.05, 0) is 49.2 Å². The fraction of sp³-hybridized carbons (Fsp3) is 0.190. The first-order valence-electron chi connectivity index (χ1n) is 8.53. The summed E-state index contributed by atoms with van der Waals surface area (Å²) in [5.74, 6) is 0.515. The minimum Gasteiger partial charge on any atom is -0.322 e. The third-order valence-electron chi connectivity index (χ3n) is 3.99. The van der Waals surface area contributed by atoms with Crippen molar-refractivity contribution in [3.8, 4) is 0 Å². The number of aromatic nitrogens is 2. The topological polar surface area (TPSA) is 54.9 Å². The van der Waals surface area contributed by atoms with Crippen molar-refractivity contribution in [1.29, 1.82) is 0 Å². The molecule has 132 valence electrons. The van der Waals surface area contributed by atoms with Crippen LogP contribution in [0.3, 0.4) is 0 Å². The molecule has 26 heavy (non-hydrogen) atoms. The van der Waals surface area contributed by atoms with Crippen molar-refractivity contribution in [3.05, 3.63) is 88.0 Å². The van der Waals surface area contributed by atoms with Crippen LogP contribution < -0.4 is 5.32 Å². The number of rotatable bonds is 5. The molecule has 0 spiro atoms. The average molecular weight is 366 g/mol. The van der Waals surface area contributed by atoms with Gasteiger partial charge in [-0.2, -0.15) is 0 Å². The number of benzene rings is 2. The summed E-state index contributed by atoms with van der Waals surface area (Å²) in [5, 5.41) is 3.28. The highest BCUT2D eigenvalue weighted by Crippen LogP contribution is 2.21. The van der Waals surface area contributed by atoms with E-state index in [4.69, 9.17) is 11.6 Å². The Balaban J connectivity index is 1.83. The summed E-state index contributed by atoms with van der Waals surface area (Å²) in [6.07, 6.45) is 1.42. The summed E-state index contributed by atoms with van der Waals surface area (Å²) in [5.41, 5.74) is 4.08. The predicted octanol–water partition coefficient (Wildman–Crippen LogP) is 4.84. The molecule has 0 radical (unpaired) electrons. The molecule has 3 aromatic rings. The van der Waals surface area contributed by atoms with Crippen molar-refractivity contribution in [1.82, 2.24) is 9.97 Å².